The standard InChI is InChI=1S/C26H25N2O/c1-15-14-18-10-6-13-21-23(18)22(16(15)2)25-26(29-21)27-24-19(17-8-4-5-9-17)11-7-12-20(24)28(25)3/h6-7,10-14,17H,4-5,8-9H2,1-3H3/q+1. The first-order chi connectivity index (χ1) is 14.1. The highest BCUT2D eigenvalue weighted by Gasteiger charge is 2.33. The zero-order valence-electron chi connectivity index (χ0n) is 17.2. The molecule has 29 heavy (non-hydrogen) atoms. The van der Waals surface area contributed by atoms with E-state index in [0.29, 0.717) is 5.92 Å². The summed E-state index contributed by atoms with van der Waals surface area (Å²) in [5.41, 5.74) is 8.63. The maximum Gasteiger partial charge on any atom is 0.294 e. The molecule has 1 aliphatic carbocycles. The van der Waals surface area contributed by atoms with E-state index in [1.54, 1.807) is 0 Å². The molecule has 1 saturated carbocycles. The van der Waals surface area contributed by atoms with Crippen LogP contribution in [0.2, 0.25) is 0 Å². The molecule has 4 aromatic rings. The van der Waals surface area contributed by atoms with Crippen LogP contribution in [-0.2, 0) is 7.05 Å². The topological polar surface area (TPSA) is 26.0 Å². The first kappa shape index (κ1) is 17.0. The summed E-state index contributed by atoms with van der Waals surface area (Å²) in [6, 6.07) is 15.2. The van der Waals surface area contributed by atoms with Crippen LogP contribution in [0, 0.1) is 13.8 Å². The number of hydrogen-bond donors (Lipinski definition) is 0. The third-order valence-electron chi connectivity index (χ3n) is 7.04. The highest BCUT2D eigenvalue weighted by Crippen LogP contribution is 2.47. The third-order valence-corrected chi connectivity index (χ3v) is 7.04. The van der Waals surface area contributed by atoms with Gasteiger partial charge in [0.05, 0.1) is 5.56 Å². The highest BCUT2D eigenvalue weighted by atomic mass is 16.5. The van der Waals surface area contributed by atoms with E-state index in [4.69, 9.17) is 9.72 Å². The van der Waals surface area contributed by atoms with E-state index in [2.05, 4.69) is 67.9 Å². The minimum Gasteiger partial charge on any atom is -0.433 e. The van der Waals surface area contributed by atoms with Crippen LogP contribution in [0.1, 0.15) is 48.3 Å². The van der Waals surface area contributed by atoms with Crippen molar-refractivity contribution in [3.63, 3.8) is 0 Å². The van der Waals surface area contributed by atoms with E-state index in [9.17, 15) is 0 Å². The van der Waals surface area contributed by atoms with Crippen molar-refractivity contribution in [3.05, 3.63) is 59.2 Å². The van der Waals surface area contributed by atoms with Gasteiger partial charge in [-0.15, -0.1) is 0 Å². The Hall–Kier alpha value is -2.94. The van der Waals surface area contributed by atoms with E-state index in [0.717, 1.165) is 22.8 Å². The lowest BCUT2D eigenvalue weighted by atomic mass is 9.91. The summed E-state index contributed by atoms with van der Waals surface area (Å²) in [4.78, 5) is 5.13. The summed E-state index contributed by atoms with van der Waals surface area (Å²) >= 11 is 0. The van der Waals surface area contributed by atoms with Gasteiger partial charge in [0.1, 0.15) is 18.3 Å². The third kappa shape index (κ3) is 2.30. The van der Waals surface area contributed by atoms with Crippen molar-refractivity contribution in [2.24, 2.45) is 7.05 Å². The van der Waals surface area contributed by atoms with Crippen LogP contribution in [0.15, 0.2) is 42.5 Å². The largest absolute Gasteiger partial charge is 0.433 e. The van der Waals surface area contributed by atoms with Gasteiger partial charge in [-0.2, -0.15) is 4.57 Å². The fourth-order valence-electron chi connectivity index (χ4n) is 5.42. The Bertz CT molecular complexity index is 1320. The van der Waals surface area contributed by atoms with Crippen molar-refractivity contribution in [2.45, 2.75) is 45.4 Å². The maximum absolute atomic E-state index is 6.42. The van der Waals surface area contributed by atoms with Gasteiger partial charge < -0.3 is 4.74 Å². The van der Waals surface area contributed by atoms with Crippen LogP contribution in [0.4, 0.5) is 0 Å². The molecule has 3 aromatic carbocycles. The van der Waals surface area contributed by atoms with Gasteiger partial charge in [-0.05, 0) is 60.7 Å². The number of aryl methyl sites for hydroxylation is 2. The van der Waals surface area contributed by atoms with Crippen LogP contribution in [-0.4, -0.2) is 4.98 Å². The lowest BCUT2D eigenvalue weighted by Gasteiger charge is -2.22. The molecule has 0 spiro atoms. The summed E-state index contributed by atoms with van der Waals surface area (Å²) in [7, 11) is 2.16. The molecule has 0 amide bonds. The lowest BCUT2D eigenvalue weighted by Crippen LogP contribution is -2.34. The van der Waals surface area contributed by atoms with Gasteiger partial charge in [0, 0.05) is 11.5 Å². The summed E-state index contributed by atoms with van der Waals surface area (Å²) in [6.45, 7) is 4.41. The highest BCUT2D eigenvalue weighted by molar-refractivity contribution is 6.04. The smallest absolute Gasteiger partial charge is 0.294 e. The summed E-state index contributed by atoms with van der Waals surface area (Å²) in [5.74, 6) is 2.27. The molecule has 0 unspecified atom stereocenters. The van der Waals surface area contributed by atoms with Crippen LogP contribution in [0.5, 0.6) is 11.6 Å². The van der Waals surface area contributed by atoms with Gasteiger partial charge in [0.2, 0.25) is 5.52 Å². The second-order valence-electron chi connectivity index (χ2n) is 8.67. The molecule has 3 heteroatoms. The number of rotatable bonds is 1. The van der Waals surface area contributed by atoms with Gasteiger partial charge >= 0.3 is 0 Å². The minimum absolute atomic E-state index is 0.618. The van der Waals surface area contributed by atoms with Crippen LogP contribution in [0.3, 0.4) is 0 Å². The van der Waals surface area contributed by atoms with Gasteiger partial charge in [0.15, 0.2) is 0 Å². The van der Waals surface area contributed by atoms with Crippen molar-refractivity contribution < 1.29 is 9.30 Å². The lowest BCUT2D eigenvalue weighted by molar-refractivity contribution is -0.634. The SMILES string of the molecule is Cc1cc2cccc3c2c(c1C)-c1c(nc2c(C4CCCC4)cccc2[n+]1C)O3. The zero-order chi connectivity index (χ0) is 19.7. The number of aromatic nitrogens is 2. The fourth-order valence-corrected chi connectivity index (χ4v) is 5.42. The maximum atomic E-state index is 6.42. The van der Waals surface area contributed by atoms with Crippen LogP contribution < -0.4 is 9.30 Å². The molecule has 1 aliphatic heterocycles. The minimum atomic E-state index is 0.618. The van der Waals surface area contributed by atoms with Gasteiger partial charge in [0.25, 0.3) is 11.6 Å². The molecule has 0 radical (unpaired) electrons. The Morgan fingerprint density at radius 2 is 1.83 bits per heavy atom. The van der Waals surface area contributed by atoms with Gasteiger partial charge in [-0.1, -0.05) is 43.2 Å². The zero-order valence-corrected chi connectivity index (χ0v) is 17.2. The number of para-hydroxylation sites is 1. The Balaban J connectivity index is 1.72. The molecular weight excluding hydrogens is 356 g/mol. The number of nitrogens with zero attached hydrogens (tertiary/aromatic N) is 2. The number of fused-ring (bicyclic) bond motifs is 3. The number of benzene rings is 3. The molecule has 144 valence electrons. The summed E-state index contributed by atoms with van der Waals surface area (Å²) in [6.07, 6.45) is 5.18. The summed E-state index contributed by atoms with van der Waals surface area (Å²) in [5, 5.41) is 2.43. The summed E-state index contributed by atoms with van der Waals surface area (Å²) < 4.78 is 8.72. The van der Waals surface area contributed by atoms with Crippen molar-refractivity contribution in [2.75, 3.05) is 0 Å². The second-order valence-corrected chi connectivity index (χ2v) is 8.67. The molecule has 2 aliphatic rings. The van der Waals surface area contributed by atoms with Gasteiger partial charge in [-0.3, -0.25) is 0 Å². The molecule has 0 N–H and O–H groups in total. The van der Waals surface area contributed by atoms with Crippen molar-refractivity contribution in [3.8, 4) is 22.9 Å². The molecule has 3 nitrogen and oxygen atoms in total. The Kier molecular flexibility index (Phi) is 3.53. The van der Waals surface area contributed by atoms with Crippen LogP contribution >= 0.6 is 0 Å². The fraction of sp³-hybridized carbons (Fsp3) is 0.308. The predicted octanol–water partition coefficient (Wildman–Crippen LogP) is 6.26. The molecule has 1 fully saturated rings. The second kappa shape index (κ2) is 6.03. The van der Waals surface area contributed by atoms with E-state index in [1.807, 2.05) is 0 Å². The monoisotopic (exact) mass is 381 g/mol. The average molecular weight is 381 g/mol. The first-order valence-electron chi connectivity index (χ1n) is 10.7. The van der Waals surface area contributed by atoms with Crippen molar-refractivity contribution >= 4 is 21.8 Å². The molecule has 0 atom stereocenters. The number of ether oxygens (including phenoxy) is 1. The Morgan fingerprint density at radius 3 is 2.66 bits per heavy atom. The Labute approximate surface area is 171 Å². The normalized spacial score (nSPS) is 15.7. The van der Waals surface area contributed by atoms with Crippen LogP contribution in [0.25, 0.3) is 33.1 Å². The molecular formula is C26H25N2O+. The van der Waals surface area contributed by atoms with E-state index < -0.39 is 0 Å². The molecule has 0 saturated heterocycles. The van der Waals surface area contributed by atoms with Crippen molar-refractivity contribution in [1.82, 2.24) is 4.98 Å². The van der Waals surface area contributed by atoms with E-state index >= 15 is 0 Å². The van der Waals surface area contributed by atoms with E-state index in [-0.39, 0.29) is 0 Å². The Morgan fingerprint density at radius 1 is 1.03 bits per heavy atom. The average Bonchev–Trinajstić information content (AvgIpc) is 3.25. The predicted molar refractivity (Wildman–Crippen MR) is 117 cm³/mol. The number of hydrogen-bond acceptors (Lipinski definition) is 2. The molecule has 0 bridgehead atoms. The van der Waals surface area contributed by atoms with Crippen molar-refractivity contribution in [1.29, 1.82) is 0 Å². The van der Waals surface area contributed by atoms with E-state index in [1.165, 1.54) is 64.2 Å². The molecule has 1 aromatic heterocycles. The first-order valence-corrected chi connectivity index (χ1v) is 10.7. The van der Waals surface area contributed by atoms with Gasteiger partial charge in [-0.25, -0.2) is 4.98 Å². The quantitative estimate of drug-likeness (QED) is 0.320. The molecule has 2 heterocycles. The molecule has 6 rings (SSSR count).